The molecule has 2 aromatic heterocycles. The molecule has 0 aliphatic heterocycles. The molecule has 5 rings (SSSR count). The summed E-state index contributed by atoms with van der Waals surface area (Å²) in [6, 6.07) is 15.2. The minimum atomic E-state index is 0.0124. The molecule has 4 aromatic rings. The van der Waals surface area contributed by atoms with Crippen molar-refractivity contribution in [3.63, 3.8) is 0 Å². The van der Waals surface area contributed by atoms with Crippen molar-refractivity contribution in [2.75, 3.05) is 0 Å². The summed E-state index contributed by atoms with van der Waals surface area (Å²) in [5.74, 6) is 0.536. The maximum Gasteiger partial charge on any atom is 0.267 e. The lowest BCUT2D eigenvalue weighted by Gasteiger charge is -2.14. The van der Waals surface area contributed by atoms with Crippen LogP contribution in [0.25, 0.3) is 15.9 Å². The van der Waals surface area contributed by atoms with Crippen LogP contribution >= 0.6 is 46.3 Å². The molecule has 7 heteroatoms. The van der Waals surface area contributed by atoms with Crippen LogP contribution in [0.5, 0.6) is 0 Å². The van der Waals surface area contributed by atoms with Gasteiger partial charge in [0.2, 0.25) is 0 Å². The van der Waals surface area contributed by atoms with Gasteiger partial charge in [0.1, 0.15) is 4.83 Å². The van der Waals surface area contributed by atoms with Crippen molar-refractivity contribution in [3.05, 3.63) is 84.9 Å². The zero-order valence-electron chi connectivity index (χ0n) is 16.0. The van der Waals surface area contributed by atoms with Crippen LogP contribution < -0.4 is 5.56 Å². The average Bonchev–Trinajstić information content (AvgIpc) is 3.13. The number of thioether (sulfide) groups is 1. The molecule has 0 bridgehead atoms. The van der Waals surface area contributed by atoms with E-state index in [1.165, 1.54) is 28.6 Å². The number of fused-ring (bicyclic) bond motifs is 3. The van der Waals surface area contributed by atoms with E-state index in [1.54, 1.807) is 15.9 Å². The number of para-hydroxylation sites is 1. The molecule has 0 saturated heterocycles. The summed E-state index contributed by atoms with van der Waals surface area (Å²) in [5.41, 5.74) is 2.89. The van der Waals surface area contributed by atoms with E-state index in [4.69, 9.17) is 28.2 Å². The Bertz CT molecular complexity index is 1280. The molecular formula is C23H18Cl2N2OS2. The molecule has 0 radical (unpaired) electrons. The minimum absolute atomic E-state index is 0.0124. The van der Waals surface area contributed by atoms with Gasteiger partial charge in [0.25, 0.3) is 5.56 Å². The maximum absolute atomic E-state index is 13.7. The summed E-state index contributed by atoms with van der Waals surface area (Å²) >= 11 is 15.9. The molecule has 0 N–H and O–H groups in total. The second-order valence-corrected chi connectivity index (χ2v) is 10.1. The van der Waals surface area contributed by atoms with Gasteiger partial charge in [0.05, 0.1) is 11.1 Å². The molecule has 0 spiro atoms. The van der Waals surface area contributed by atoms with Crippen LogP contribution in [0, 0.1) is 0 Å². The second-order valence-electron chi connectivity index (χ2n) is 7.25. The van der Waals surface area contributed by atoms with E-state index in [1.807, 2.05) is 48.5 Å². The molecule has 152 valence electrons. The predicted octanol–water partition coefficient (Wildman–Crippen LogP) is 6.93. The van der Waals surface area contributed by atoms with E-state index in [-0.39, 0.29) is 5.56 Å². The van der Waals surface area contributed by atoms with Crippen LogP contribution in [0.4, 0.5) is 0 Å². The summed E-state index contributed by atoms with van der Waals surface area (Å²) in [6.45, 7) is 0. The smallest absolute Gasteiger partial charge is 0.267 e. The molecule has 3 nitrogen and oxygen atoms in total. The van der Waals surface area contributed by atoms with Crippen molar-refractivity contribution < 1.29 is 0 Å². The van der Waals surface area contributed by atoms with E-state index >= 15 is 0 Å². The van der Waals surface area contributed by atoms with Crippen LogP contribution in [0.3, 0.4) is 0 Å². The SMILES string of the molecule is O=c1c2c3c(sc2nc(SCc2c(Cl)cccc2Cl)n1-c1ccccc1)CCCC3. The average molecular weight is 473 g/mol. The van der Waals surface area contributed by atoms with Crippen LogP contribution in [-0.4, -0.2) is 9.55 Å². The van der Waals surface area contributed by atoms with E-state index in [2.05, 4.69) is 0 Å². The summed E-state index contributed by atoms with van der Waals surface area (Å²) < 4.78 is 1.74. The molecule has 0 unspecified atom stereocenters. The zero-order valence-corrected chi connectivity index (χ0v) is 19.2. The fraction of sp³-hybridized carbons (Fsp3) is 0.217. The summed E-state index contributed by atoms with van der Waals surface area (Å²) in [6.07, 6.45) is 4.31. The van der Waals surface area contributed by atoms with Crippen molar-refractivity contribution in [2.24, 2.45) is 0 Å². The topological polar surface area (TPSA) is 34.9 Å². The summed E-state index contributed by atoms with van der Waals surface area (Å²) in [4.78, 5) is 20.8. The van der Waals surface area contributed by atoms with Gasteiger partial charge in [-0.25, -0.2) is 4.98 Å². The van der Waals surface area contributed by atoms with E-state index < -0.39 is 0 Å². The third-order valence-corrected chi connectivity index (χ3v) is 8.24. The van der Waals surface area contributed by atoms with E-state index in [0.29, 0.717) is 21.0 Å². The first-order chi connectivity index (χ1) is 14.6. The monoisotopic (exact) mass is 472 g/mol. The number of hydrogen-bond acceptors (Lipinski definition) is 4. The van der Waals surface area contributed by atoms with Gasteiger partial charge in [-0.05, 0) is 61.1 Å². The van der Waals surface area contributed by atoms with Gasteiger partial charge in [-0.1, -0.05) is 59.2 Å². The molecule has 1 aliphatic rings. The number of nitrogens with zero attached hydrogens (tertiary/aromatic N) is 2. The number of halogens is 2. The third kappa shape index (κ3) is 3.58. The van der Waals surface area contributed by atoms with Crippen LogP contribution in [0.2, 0.25) is 10.0 Å². The van der Waals surface area contributed by atoms with Gasteiger partial charge < -0.3 is 0 Å². The zero-order chi connectivity index (χ0) is 20.7. The highest BCUT2D eigenvalue weighted by molar-refractivity contribution is 7.98. The lowest BCUT2D eigenvalue weighted by atomic mass is 9.97. The lowest BCUT2D eigenvalue weighted by molar-refractivity contribution is 0.699. The maximum atomic E-state index is 13.7. The number of rotatable bonds is 4. The molecule has 0 fully saturated rings. The third-order valence-electron chi connectivity index (χ3n) is 5.38. The van der Waals surface area contributed by atoms with E-state index in [9.17, 15) is 4.79 Å². The van der Waals surface area contributed by atoms with Crippen LogP contribution in [0.1, 0.15) is 28.8 Å². The molecule has 0 atom stereocenters. The lowest BCUT2D eigenvalue weighted by Crippen LogP contribution is -2.22. The first-order valence-corrected chi connectivity index (χ1v) is 12.4. The van der Waals surface area contributed by atoms with Gasteiger partial charge in [-0.2, -0.15) is 0 Å². The molecule has 1 aliphatic carbocycles. The second kappa shape index (κ2) is 8.39. The molecular weight excluding hydrogens is 455 g/mol. The number of aromatic nitrogens is 2. The predicted molar refractivity (Wildman–Crippen MR) is 128 cm³/mol. The molecule has 30 heavy (non-hydrogen) atoms. The fourth-order valence-corrected chi connectivity index (χ4v) is 6.95. The highest BCUT2D eigenvalue weighted by Gasteiger charge is 2.23. The van der Waals surface area contributed by atoms with Gasteiger partial charge in [0.15, 0.2) is 5.16 Å². The number of benzene rings is 2. The largest absolute Gasteiger partial charge is 0.268 e. The molecule has 0 amide bonds. The van der Waals surface area contributed by atoms with Crippen LogP contribution in [0.15, 0.2) is 58.5 Å². The Morgan fingerprint density at radius 1 is 1.00 bits per heavy atom. The summed E-state index contributed by atoms with van der Waals surface area (Å²) in [5, 5.41) is 2.69. The first kappa shape index (κ1) is 20.1. The van der Waals surface area contributed by atoms with Gasteiger partial charge in [-0.3, -0.25) is 9.36 Å². The molecule has 0 saturated carbocycles. The van der Waals surface area contributed by atoms with Gasteiger partial charge >= 0.3 is 0 Å². The fourth-order valence-electron chi connectivity index (χ4n) is 3.89. The standard InChI is InChI=1S/C23H18Cl2N2OS2/c24-17-10-6-11-18(25)16(17)13-29-23-26-21-20(15-9-4-5-12-19(15)30-21)22(28)27(23)14-7-2-1-3-8-14/h1-3,6-8,10-11H,4-5,9,12-13H2. The number of thiophene rings is 1. The van der Waals surface area contributed by atoms with Crippen molar-refractivity contribution in [3.8, 4) is 5.69 Å². The Labute approximate surface area is 192 Å². The number of aryl methyl sites for hydroxylation is 2. The van der Waals surface area contributed by atoms with Gasteiger partial charge in [0, 0.05) is 20.7 Å². The molecule has 2 aromatic carbocycles. The van der Waals surface area contributed by atoms with E-state index in [0.717, 1.165) is 40.7 Å². The quantitative estimate of drug-likeness (QED) is 0.238. The highest BCUT2D eigenvalue weighted by Crippen LogP contribution is 2.36. The van der Waals surface area contributed by atoms with Crippen molar-refractivity contribution in [2.45, 2.75) is 36.6 Å². The number of hydrogen-bond donors (Lipinski definition) is 0. The van der Waals surface area contributed by atoms with Crippen molar-refractivity contribution in [1.82, 2.24) is 9.55 Å². The van der Waals surface area contributed by atoms with Crippen LogP contribution in [-0.2, 0) is 18.6 Å². The highest BCUT2D eigenvalue weighted by atomic mass is 35.5. The van der Waals surface area contributed by atoms with Crippen molar-refractivity contribution >= 4 is 56.5 Å². The van der Waals surface area contributed by atoms with Crippen molar-refractivity contribution in [1.29, 1.82) is 0 Å². The molecule has 2 heterocycles. The Hall–Kier alpha value is -1.79. The normalized spacial score (nSPS) is 13.5. The van der Waals surface area contributed by atoms with Gasteiger partial charge in [-0.15, -0.1) is 11.3 Å². The minimum Gasteiger partial charge on any atom is -0.268 e. The Kier molecular flexibility index (Phi) is 5.63. The Morgan fingerprint density at radius 3 is 2.50 bits per heavy atom. The Balaban J connectivity index is 1.67. The Morgan fingerprint density at radius 2 is 1.73 bits per heavy atom. The summed E-state index contributed by atoms with van der Waals surface area (Å²) in [7, 11) is 0. The first-order valence-electron chi connectivity index (χ1n) is 9.82.